The zero-order valence-corrected chi connectivity index (χ0v) is 17.0. The molecule has 0 bridgehead atoms. The minimum absolute atomic E-state index is 0.105. The summed E-state index contributed by atoms with van der Waals surface area (Å²) in [5.41, 5.74) is 13.2. The molecule has 0 saturated heterocycles. The van der Waals surface area contributed by atoms with Gasteiger partial charge in [-0.2, -0.15) is 0 Å². The fraction of sp³-hybridized carbons (Fsp3) is 0.500. The summed E-state index contributed by atoms with van der Waals surface area (Å²) in [5.74, 6) is 0.989. The van der Waals surface area contributed by atoms with Crippen LogP contribution in [0.15, 0.2) is 23.6 Å². The van der Waals surface area contributed by atoms with Crippen molar-refractivity contribution in [1.82, 2.24) is 4.98 Å². The second kappa shape index (κ2) is 12.4. The summed E-state index contributed by atoms with van der Waals surface area (Å²) < 4.78 is 5.41. The predicted octanol–water partition coefficient (Wildman–Crippen LogP) is 3.92. The van der Waals surface area contributed by atoms with Gasteiger partial charge in [-0.25, -0.2) is 4.98 Å². The van der Waals surface area contributed by atoms with Gasteiger partial charge in [0.2, 0.25) is 0 Å². The zero-order valence-electron chi connectivity index (χ0n) is 16.2. The SMILES string of the molecule is CCc1nc(CCCCCCc2cc(C(=N)N)ccc2OC)cs1.CN. The van der Waals surface area contributed by atoms with E-state index in [1.54, 1.807) is 18.4 Å². The quantitative estimate of drug-likeness (QED) is 0.332. The number of nitrogens with zero attached hydrogens (tertiary/aromatic N) is 1. The van der Waals surface area contributed by atoms with Gasteiger partial charge >= 0.3 is 0 Å². The number of rotatable bonds is 10. The highest BCUT2D eigenvalue weighted by molar-refractivity contribution is 7.09. The molecule has 1 heterocycles. The van der Waals surface area contributed by atoms with Crippen LogP contribution in [0.1, 0.15) is 54.4 Å². The highest BCUT2D eigenvalue weighted by Gasteiger charge is 2.06. The van der Waals surface area contributed by atoms with Crippen LogP contribution in [0.25, 0.3) is 0 Å². The van der Waals surface area contributed by atoms with Crippen LogP contribution < -0.4 is 16.2 Å². The molecule has 144 valence electrons. The maximum Gasteiger partial charge on any atom is 0.122 e. The number of benzene rings is 1. The smallest absolute Gasteiger partial charge is 0.122 e. The number of aryl methyl sites for hydroxylation is 3. The average molecular weight is 377 g/mol. The monoisotopic (exact) mass is 376 g/mol. The van der Waals surface area contributed by atoms with Crippen molar-refractivity contribution in [3.05, 3.63) is 45.4 Å². The van der Waals surface area contributed by atoms with Gasteiger partial charge in [0.25, 0.3) is 0 Å². The molecule has 2 aromatic rings. The molecule has 2 rings (SSSR count). The van der Waals surface area contributed by atoms with Crippen molar-refractivity contribution in [1.29, 1.82) is 5.41 Å². The van der Waals surface area contributed by atoms with Crippen LogP contribution in [-0.4, -0.2) is 25.0 Å². The lowest BCUT2D eigenvalue weighted by atomic mass is 10.0. The zero-order chi connectivity index (χ0) is 19.4. The van der Waals surface area contributed by atoms with Crippen LogP contribution in [0.4, 0.5) is 0 Å². The molecule has 0 spiro atoms. The summed E-state index contributed by atoms with van der Waals surface area (Å²) in [7, 11) is 3.19. The number of ether oxygens (including phenoxy) is 1. The van der Waals surface area contributed by atoms with Crippen LogP contribution in [-0.2, 0) is 19.3 Å². The average Bonchev–Trinajstić information content (AvgIpc) is 3.14. The number of nitrogens with two attached hydrogens (primary N) is 2. The lowest BCUT2D eigenvalue weighted by molar-refractivity contribution is 0.408. The molecule has 0 aliphatic carbocycles. The van der Waals surface area contributed by atoms with E-state index in [1.165, 1.54) is 37.0 Å². The van der Waals surface area contributed by atoms with Crippen molar-refractivity contribution < 1.29 is 4.74 Å². The van der Waals surface area contributed by atoms with Gasteiger partial charge in [0.1, 0.15) is 11.6 Å². The van der Waals surface area contributed by atoms with Gasteiger partial charge in [-0.3, -0.25) is 5.41 Å². The number of nitrogens with one attached hydrogen (secondary N) is 1. The Balaban J connectivity index is 0.00000163. The second-order valence-electron chi connectivity index (χ2n) is 5.94. The summed E-state index contributed by atoms with van der Waals surface area (Å²) in [6, 6.07) is 5.71. The fourth-order valence-corrected chi connectivity index (χ4v) is 3.52. The Morgan fingerprint density at radius 1 is 1.15 bits per heavy atom. The molecule has 0 amide bonds. The Labute approximate surface area is 161 Å². The first-order chi connectivity index (χ1) is 12.6. The van der Waals surface area contributed by atoms with E-state index in [1.807, 2.05) is 18.2 Å². The van der Waals surface area contributed by atoms with Crippen molar-refractivity contribution >= 4 is 17.2 Å². The number of hydrogen-bond acceptors (Lipinski definition) is 5. The molecule has 0 aliphatic rings. The molecule has 1 aromatic heterocycles. The van der Waals surface area contributed by atoms with E-state index in [0.29, 0.717) is 0 Å². The maximum absolute atomic E-state index is 7.56. The summed E-state index contributed by atoms with van der Waals surface area (Å²) >= 11 is 1.77. The van der Waals surface area contributed by atoms with E-state index in [0.717, 1.165) is 42.6 Å². The molecular weight excluding hydrogens is 344 g/mol. The minimum atomic E-state index is 0.105. The third-order valence-corrected chi connectivity index (χ3v) is 5.16. The van der Waals surface area contributed by atoms with Gasteiger partial charge in [0.15, 0.2) is 0 Å². The first-order valence-corrected chi connectivity index (χ1v) is 10.0. The van der Waals surface area contributed by atoms with Crippen LogP contribution in [0, 0.1) is 5.41 Å². The van der Waals surface area contributed by atoms with Gasteiger partial charge in [0.05, 0.1) is 17.8 Å². The van der Waals surface area contributed by atoms with Crippen molar-refractivity contribution in [3.8, 4) is 5.75 Å². The molecule has 0 fully saturated rings. The molecule has 0 saturated carbocycles. The highest BCUT2D eigenvalue weighted by atomic mass is 32.1. The summed E-state index contributed by atoms with van der Waals surface area (Å²) in [4.78, 5) is 4.61. The summed E-state index contributed by atoms with van der Waals surface area (Å²) in [6.07, 6.45) is 7.80. The van der Waals surface area contributed by atoms with Crippen molar-refractivity contribution in [2.75, 3.05) is 14.2 Å². The van der Waals surface area contributed by atoms with Gasteiger partial charge in [-0.15, -0.1) is 11.3 Å². The van der Waals surface area contributed by atoms with Crippen LogP contribution in [0.5, 0.6) is 5.75 Å². The number of thiazole rings is 1. The Hall–Kier alpha value is -1.92. The molecule has 6 heteroatoms. The number of unbranched alkanes of at least 4 members (excludes halogenated alkanes) is 3. The molecule has 5 nitrogen and oxygen atoms in total. The van der Waals surface area contributed by atoms with Crippen LogP contribution in [0.2, 0.25) is 0 Å². The molecule has 0 atom stereocenters. The van der Waals surface area contributed by atoms with Gasteiger partial charge < -0.3 is 16.2 Å². The van der Waals surface area contributed by atoms with Crippen LogP contribution in [0.3, 0.4) is 0 Å². The Morgan fingerprint density at radius 3 is 2.42 bits per heavy atom. The minimum Gasteiger partial charge on any atom is -0.496 e. The second-order valence-corrected chi connectivity index (χ2v) is 6.88. The fourth-order valence-electron chi connectivity index (χ4n) is 2.74. The lowest BCUT2D eigenvalue weighted by Gasteiger charge is -2.10. The van der Waals surface area contributed by atoms with E-state index >= 15 is 0 Å². The Bertz CT molecular complexity index is 670. The van der Waals surface area contributed by atoms with Crippen molar-refractivity contribution in [2.45, 2.75) is 51.9 Å². The lowest BCUT2D eigenvalue weighted by Crippen LogP contribution is -2.11. The number of amidine groups is 1. The van der Waals surface area contributed by atoms with Gasteiger partial charge in [-0.1, -0.05) is 19.8 Å². The Morgan fingerprint density at radius 2 is 1.85 bits per heavy atom. The van der Waals surface area contributed by atoms with E-state index in [9.17, 15) is 0 Å². The van der Waals surface area contributed by atoms with Crippen molar-refractivity contribution in [3.63, 3.8) is 0 Å². The molecule has 0 aliphatic heterocycles. The van der Waals surface area contributed by atoms with E-state index in [4.69, 9.17) is 15.9 Å². The van der Waals surface area contributed by atoms with Gasteiger partial charge in [0, 0.05) is 10.9 Å². The van der Waals surface area contributed by atoms with E-state index in [2.05, 4.69) is 23.0 Å². The topological polar surface area (TPSA) is 98.0 Å². The van der Waals surface area contributed by atoms with Crippen LogP contribution >= 0.6 is 11.3 Å². The standard InChI is InChI=1S/C19H27N3OS.CH5N/c1-3-18-22-16(13-24-18)9-7-5-4-6-8-14-12-15(19(20)21)10-11-17(14)23-2;1-2/h10-13H,3-9H2,1-2H3,(H3,20,21);2H2,1H3. The predicted molar refractivity (Wildman–Crippen MR) is 111 cm³/mol. The maximum atomic E-state index is 7.56. The van der Waals surface area contributed by atoms with Crippen molar-refractivity contribution in [2.24, 2.45) is 11.5 Å². The first-order valence-electron chi connectivity index (χ1n) is 9.16. The third-order valence-electron chi connectivity index (χ3n) is 4.12. The summed E-state index contributed by atoms with van der Waals surface area (Å²) in [6.45, 7) is 2.15. The molecule has 26 heavy (non-hydrogen) atoms. The molecule has 0 unspecified atom stereocenters. The van der Waals surface area contributed by atoms with Gasteiger partial charge in [-0.05, 0) is 62.9 Å². The Kier molecular flexibility index (Phi) is 10.6. The van der Waals surface area contributed by atoms with E-state index < -0.39 is 0 Å². The highest BCUT2D eigenvalue weighted by Crippen LogP contribution is 2.22. The normalized spacial score (nSPS) is 10.2. The molecular formula is C20H32N4OS. The number of methoxy groups -OCH3 is 1. The van der Waals surface area contributed by atoms with E-state index in [-0.39, 0.29) is 5.84 Å². The first kappa shape index (κ1) is 22.1. The third kappa shape index (κ3) is 7.14. The number of hydrogen-bond donors (Lipinski definition) is 3. The molecule has 1 aromatic carbocycles. The summed E-state index contributed by atoms with van der Waals surface area (Å²) in [5, 5.41) is 11.0. The molecule has 0 radical (unpaired) electrons. The number of nitrogen functional groups attached to an aromatic ring is 1. The number of aromatic nitrogens is 1. The largest absolute Gasteiger partial charge is 0.496 e. The molecule has 5 N–H and O–H groups in total.